The Morgan fingerprint density at radius 3 is 2.46 bits per heavy atom. The van der Waals surface area contributed by atoms with Crippen molar-refractivity contribution in [1.29, 1.82) is 0 Å². The zero-order valence-electron chi connectivity index (χ0n) is 15.1. The van der Waals surface area contributed by atoms with E-state index < -0.39 is 11.6 Å². The summed E-state index contributed by atoms with van der Waals surface area (Å²) < 4.78 is 0. The number of carbonyl (C=O) groups is 3. The molecule has 0 bridgehead atoms. The topological polar surface area (TPSA) is 66.5 Å². The molecule has 1 heterocycles. The van der Waals surface area contributed by atoms with Crippen molar-refractivity contribution in [1.82, 2.24) is 10.2 Å². The molecule has 1 fully saturated rings. The summed E-state index contributed by atoms with van der Waals surface area (Å²) in [6.45, 7) is 9.57. The molecule has 0 saturated carbocycles. The monoisotopic (exact) mass is 330 g/mol. The van der Waals surface area contributed by atoms with Crippen LogP contribution in [-0.2, 0) is 4.79 Å². The van der Waals surface area contributed by atoms with E-state index in [1.54, 1.807) is 19.1 Å². The van der Waals surface area contributed by atoms with Crippen molar-refractivity contribution in [3.8, 4) is 0 Å². The molecule has 1 unspecified atom stereocenters. The molecule has 1 atom stereocenters. The van der Waals surface area contributed by atoms with Gasteiger partial charge >= 0.3 is 6.03 Å². The second kappa shape index (κ2) is 6.75. The first-order chi connectivity index (χ1) is 11.1. The van der Waals surface area contributed by atoms with E-state index in [4.69, 9.17) is 0 Å². The molecule has 0 aromatic heterocycles. The quantitative estimate of drug-likeness (QED) is 0.643. The van der Waals surface area contributed by atoms with Crippen molar-refractivity contribution in [3.05, 3.63) is 34.9 Å². The van der Waals surface area contributed by atoms with Crippen molar-refractivity contribution < 1.29 is 14.4 Å². The Morgan fingerprint density at radius 2 is 1.88 bits per heavy atom. The summed E-state index contributed by atoms with van der Waals surface area (Å²) in [5, 5.41) is 2.75. The Bertz CT molecular complexity index is 681. The highest BCUT2D eigenvalue weighted by Crippen LogP contribution is 2.25. The lowest BCUT2D eigenvalue weighted by Gasteiger charge is -2.22. The molecule has 1 N–H and O–H groups in total. The zero-order chi connectivity index (χ0) is 18.1. The van der Waals surface area contributed by atoms with Crippen LogP contribution >= 0.6 is 0 Å². The molecule has 1 aromatic carbocycles. The Labute approximate surface area is 143 Å². The second-order valence-electron chi connectivity index (χ2n) is 7.31. The number of hydrogen-bond acceptors (Lipinski definition) is 3. The Balaban J connectivity index is 2.11. The van der Waals surface area contributed by atoms with Gasteiger partial charge in [-0.05, 0) is 56.7 Å². The molecule has 24 heavy (non-hydrogen) atoms. The molecular formula is C19H26N2O3. The number of nitrogens with zero attached hydrogens (tertiary/aromatic N) is 1. The van der Waals surface area contributed by atoms with Crippen LogP contribution in [0.4, 0.5) is 4.79 Å². The molecule has 0 radical (unpaired) electrons. The number of Topliss-reactive ketones (excluding diaryl/α,β-unsaturated/α-hetero) is 1. The van der Waals surface area contributed by atoms with Gasteiger partial charge in [0.2, 0.25) is 0 Å². The fourth-order valence-corrected chi connectivity index (χ4v) is 2.79. The van der Waals surface area contributed by atoms with E-state index >= 15 is 0 Å². The van der Waals surface area contributed by atoms with Crippen LogP contribution in [0, 0.1) is 19.8 Å². The van der Waals surface area contributed by atoms with Gasteiger partial charge in [-0.3, -0.25) is 14.5 Å². The number of nitrogens with one attached hydrogen (secondary N) is 1. The number of rotatable bonds is 6. The molecule has 1 aliphatic heterocycles. The van der Waals surface area contributed by atoms with Crippen LogP contribution in [0.1, 0.15) is 55.1 Å². The number of ketones is 1. The van der Waals surface area contributed by atoms with Gasteiger partial charge < -0.3 is 5.32 Å². The predicted octanol–water partition coefficient (Wildman–Crippen LogP) is 3.23. The van der Waals surface area contributed by atoms with Crippen LogP contribution in [0.2, 0.25) is 0 Å². The summed E-state index contributed by atoms with van der Waals surface area (Å²) in [6, 6.07) is 4.93. The first kappa shape index (κ1) is 18.2. The molecule has 5 heteroatoms. The average Bonchev–Trinajstić information content (AvgIpc) is 2.72. The summed E-state index contributed by atoms with van der Waals surface area (Å²) in [7, 11) is 0. The molecule has 0 aliphatic carbocycles. The molecule has 1 aliphatic rings. The third-order valence-electron chi connectivity index (χ3n) is 4.70. The van der Waals surface area contributed by atoms with E-state index in [0.29, 0.717) is 17.9 Å². The second-order valence-corrected chi connectivity index (χ2v) is 7.31. The summed E-state index contributed by atoms with van der Waals surface area (Å²) in [5.74, 6) is -0.0993. The minimum absolute atomic E-state index is 0.218. The fraction of sp³-hybridized carbons (Fsp3) is 0.526. The highest BCUT2D eigenvalue weighted by molar-refractivity contribution is 6.11. The molecule has 1 saturated heterocycles. The van der Waals surface area contributed by atoms with E-state index in [0.717, 1.165) is 22.4 Å². The average molecular weight is 330 g/mol. The van der Waals surface area contributed by atoms with Crippen LogP contribution in [0.5, 0.6) is 0 Å². The van der Waals surface area contributed by atoms with Gasteiger partial charge in [-0.15, -0.1) is 0 Å². The maximum atomic E-state index is 12.6. The lowest BCUT2D eigenvalue weighted by atomic mass is 9.92. The summed E-state index contributed by atoms with van der Waals surface area (Å²) in [5.41, 5.74) is 1.72. The third kappa shape index (κ3) is 3.66. The van der Waals surface area contributed by atoms with Crippen LogP contribution in [-0.4, -0.2) is 34.7 Å². The first-order valence-corrected chi connectivity index (χ1v) is 8.38. The van der Waals surface area contributed by atoms with Gasteiger partial charge in [0, 0.05) is 5.56 Å². The zero-order valence-corrected chi connectivity index (χ0v) is 15.1. The molecule has 2 rings (SSSR count). The van der Waals surface area contributed by atoms with E-state index in [9.17, 15) is 14.4 Å². The summed E-state index contributed by atoms with van der Waals surface area (Å²) in [4.78, 5) is 38.3. The Morgan fingerprint density at radius 1 is 1.21 bits per heavy atom. The lowest BCUT2D eigenvalue weighted by Crippen LogP contribution is -2.44. The maximum absolute atomic E-state index is 12.6. The van der Waals surface area contributed by atoms with Crippen LogP contribution < -0.4 is 5.32 Å². The lowest BCUT2D eigenvalue weighted by molar-refractivity contribution is -0.130. The standard InChI is InChI=1S/C19H26N2O3/c1-12(2)8-9-19(5)17(23)21(18(24)20-19)11-16(22)15-7-6-13(3)14(4)10-15/h6-7,10,12H,8-9,11H2,1-5H3,(H,20,24). The van der Waals surface area contributed by atoms with Crippen LogP contribution in [0.15, 0.2) is 18.2 Å². The summed E-state index contributed by atoms with van der Waals surface area (Å²) >= 11 is 0. The van der Waals surface area contributed by atoms with Crippen LogP contribution in [0.25, 0.3) is 0 Å². The molecule has 3 amide bonds. The number of imide groups is 1. The largest absolute Gasteiger partial charge is 0.325 e. The number of amides is 3. The van der Waals surface area contributed by atoms with Crippen molar-refractivity contribution in [3.63, 3.8) is 0 Å². The van der Waals surface area contributed by atoms with Crippen molar-refractivity contribution in [2.75, 3.05) is 6.54 Å². The molecule has 5 nitrogen and oxygen atoms in total. The van der Waals surface area contributed by atoms with Gasteiger partial charge in [0.1, 0.15) is 5.54 Å². The molecule has 130 valence electrons. The maximum Gasteiger partial charge on any atom is 0.325 e. The SMILES string of the molecule is Cc1ccc(C(=O)CN2C(=O)NC(C)(CCC(C)C)C2=O)cc1C. The van der Waals surface area contributed by atoms with E-state index in [-0.39, 0.29) is 18.2 Å². The van der Waals surface area contributed by atoms with E-state index in [2.05, 4.69) is 19.2 Å². The van der Waals surface area contributed by atoms with Gasteiger partial charge in [0.05, 0.1) is 6.54 Å². The smallest absolute Gasteiger partial charge is 0.323 e. The van der Waals surface area contributed by atoms with Gasteiger partial charge in [0.25, 0.3) is 5.91 Å². The first-order valence-electron chi connectivity index (χ1n) is 8.38. The predicted molar refractivity (Wildman–Crippen MR) is 93.0 cm³/mol. The minimum Gasteiger partial charge on any atom is -0.323 e. The Kier molecular flexibility index (Phi) is 5.11. The molecule has 0 spiro atoms. The van der Waals surface area contributed by atoms with Crippen LogP contribution in [0.3, 0.4) is 0 Å². The number of benzene rings is 1. The normalized spacial score (nSPS) is 20.7. The van der Waals surface area contributed by atoms with Crippen molar-refractivity contribution in [2.24, 2.45) is 5.92 Å². The number of aryl methyl sites for hydroxylation is 2. The third-order valence-corrected chi connectivity index (χ3v) is 4.70. The van der Waals surface area contributed by atoms with E-state index in [1.165, 1.54) is 0 Å². The van der Waals surface area contributed by atoms with Gasteiger partial charge in [-0.1, -0.05) is 26.0 Å². The van der Waals surface area contributed by atoms with Crippen molar-refractivity contribution in [2.45, 2.75) is 53.0 Å². The van der Waals surface area contributed by atoms with Gasteiger partial charge in [-0.2, -0.15) is 0 Å². The highest BCUT2D eigenvalue weighted by Gasteiger charge is 2.47. The minimum atomic E-state index is -0.912. The Hall–Kier alpha value is -2.17. The number of carbonyl (C=O) groups excluding carboxylic acids is 3. The van der Waals surface area contributed by atoms with E-state index in [1.807, 2.05) is 19.9 Å². The molecular weight excluding hydrogens is 304 g/mol. The number of urea groups is 1. The summed E-state index contributed by atoms with van der Waals surface area (Å²) in [6.07, 6.45) is 1.41. The fourth-order valence-electron chi connectivity index (χ4n) is 2.79. The highest BCUT2D eigenvalue weighted by atomic mass is 16.2. The van der Waals surface area contributed by atoms with Gasteiger partial charge in [0.15, 0.2) is 5.78 Å². The van der Waals surface area contributed by atoms with Crippen molar-refractivity contribution >= 4 is 17.7 Å². The van der Waals surface area contributed by atoms with Gasteiger partial charge in [-0.25, -0.2) is 4.79 Å². The molecule has 1 aromatic rings. The number of hydrogen-bond donors (Lipinski definition) is 1.